The van der Waals surface area contributed by atoms with Gasteiger partial charge in [0.2, 0.25) is 5.91 Å². The van der Waals surface area contributed by atoms with Crippen LogP contribution in [0.1, 0.15) is 20.8 Å². The number of amides is 1. The first-order chi connectivity index (χ1) is 5.84. The Kier molecular flexibility index (Phi) is 3.12. The van der Waals surface area contributed by atoms with Crippen LogP contribution in [-0.4, -0.2) is 35.9 Å². The van der Waals surface area contributed by atoms with Crippen LogP contribution >= 0.6 is 11.8 Å². The van der Waals surface area contributed by atoms with Crippen molar-refractivity contribution in [3.05, 3.63) is 0 Å². The molecular formula is C9H18NOSSi. The molecule has 0 bridgehead atoms. The van der Waals surface area contributed by atoms with Crippen molar-refractivity contribution in [2.24, 2.45) is 0 Å². The van der Waals surface area contributed by atoms with Crippen LogP contribution in [0.25, 0.3) is 0 Å². The molecule has 1 rings (SSSR count). The van der Waals surface area contributed by atoms with E-state index in [9.17, 15) is 4.79 Å². The molecule has 1 radical (unpaired) electrons. The highest BCUT2D eigenvalue weighted by atomic mass is 32.2. The maximum Gasteiger partial charge on any atom is 0.233 e. The van der Waals surface area contributed by atoms with E-state index < -0.39 is 8.80 Å². The van der Waals surface area contributed by atoms with Gasteiger partial charge < -0.3 is 4.90 Å². The summed E-state index contributed by atoms with van der Waals surface area (Å²) in [7, 11) is -0.407. The lowest BCUT2D eigenvalue weighted by atomic mass is 10.1. The lowest BCUT2D eigenvalue weighted by Gasteiger charge is -2.37. The standard InChI is InChI=1S/C9H18NOSSi/c1-9(2,3)10-7(11)6-12-8(10)13(4)5/h8H,6H2,1-5H3. The van der Waals surface area contributed by atoms with Crippen molar-refractivity contribution in [3.63, 3.8) is 0 Å². The quantitative estimate of drug-likeness (QED) is 0.625. The van der Waals surface area contributed by atoms with Gasteiger partial charge in [-0.1, -0.05) is 13.1 Å². The summed E-state index contributed by atoms with van der Waals surface area (Å²) >= 11 is 1.82. The number of carbonyl (C=O) groups is 1. The Morgan fingerprint density at radius 3 is 2.31 bits per heavy atom. The van der Waals surface area contributed by atoms with E-state index in [0.29, 0.717) is 16.7 Å². The van der Waals surface area contributed by atoms with Gasteiger partial charge in [-0.2, -0.15) is 0 Å². The van der Waals surface area contributed by atoms with Crippen LogP contribution in [0.3, 0.4) is 0 Å². The summed E-state index contributed by atoms with van der Waals surface area (Å²) in [6.07, 6.45) is 0. The molecule has 0 aromatic heterocycles. The summed E-state index contributed by atoms with van der Waals surface area (Å²) < 4.78 is 0. The average Bonchev–Trinajstić information content (AvgIpc) is 2.28. The van der Waals surface area contributed by atoms with E-state index in [1.807, 2.05) is 11.8 Å². The van der Waals surface area contributed by atoms with Crippen LogP contribution in [-0.2, 0) is 4.79 Å². The van der Waals surface area contributed by atoms with Gasteiger partial charge in [-0.25, -0.2) is 0 Å². The Labute approximate surface area is 86.7 Å². The highest BCUT2D eigenvalue weighted by Crippen LogP contribution is 2.32. The molecule has 1 aliphatic rings. The first-order valence-electron chi connectivity index (χ1n) is 4.58. The van der Waals surface area contributed by atoms with E-state index in [1.165, 1.54) is 0 Å². The predicted molar refractivity (Wildman–Crippen MR) is 60.3 cm³/mol. The van der Waals surface area contributed by atoms with Gasteiger partial charge in [0.25, 0.3) is 0 Å². The third-order valence-corrected chi connectivity index (χ3v) is 6.18. The minimum absolute atomic E-state index is 0.00676. The average molecular weight is 216 g/mol. The first-order valence-corrected chi connectivity index (χ1v) is 8.20. The zero-order valence-corrected chi connectivity index (χ0v) is 10.9. The van der Waals surface area contributed by atoms with E-state index in [-0.39, 0.29) is 5.54 Å². The number of carbonyl (C=O) groups excluding carboxylic acids is 1. The lowest BCUT2D eigenvalue weighted by molar-refractivity contribution is -0.131. The normalized spacial score (nSPS) is 24.6. The minimum Gasteiger partial charge on any atom is -0.328 e. The second-order valence-corrected chi connectivity index (χ2v) is 8.86. The van der Waals surface area contributed by atoms with Gasteiger partial charge in [0.15, 0.2) is 0 Å². The van der Waals surface area contributed by atoms with E-state index in [4.69, 9.17) is 0 Å². The smallest absolute Gasteiger partial charge is 0.233 e. The zero-order chi connectivity index (χ0) is 10.2. The van der Waals surface area contributed by atoms with Crippen LogP contribution in [0.15, 0.2) is 0 Å². The second kappa shape index (κ2) is 3.65. The second-order valence-electron chi connectivity index (χ2n) is 4.68. The van der Waals surface area contributed by atoms with Gasteiger partial charge in [0, 0.05) is 5.54 Å². The van der Waals surface area contributed by atoms with Crippen molar-refractivity contribution >= 4 is 26.5 Å². The highest BCUT2D eigenvalue weighted by molar-refractivity contribution is 8.02. The Hall–Kier alpha value is 0.0369. The van der Waals surface area contributed by atoms with Crippen molar-refractivity contribution in [3.8, 4) is 0 Å². The molecule has 2 nitrogen and oxygen atoms in total. The van der Waals surface area contributed by atoms with Gasteiger partial charge in [0.1, 0.15) is 0 Å². The maximum absolute atomic E-state index is 11.7. The molecule has 1 amide bonds. The van der Waals surface area contributed by atoms with Crippen molar-refractivity contribution in [1.82, 2.24) is 4.90 Å². The number of hydrogen-bond acceptors (Lipinski definition) is 2. The van der Waals surface area contributed by atoms with Gasteiger partial charge in [0.05, 0.1) is 19.5 Å². The Balaban J connectivity index is 2.84. The molecule has 0 aromatic carbocycles. The molecule has 1 heterocycles. The van der Waals surface area contributed by atoms with Crippen LogP contribution in [0.5, 0.6) is 0 Å². The molecule has 1 atom stereocenters. The summed E-state index contributed by atoms with van der Waals surface area (Å²) in [6.45, 7) is 10.9. The molecule has 75 valence electrons. The van der Waals surface area contributed by atoms with Gasteiger partial charge in [-0.3, -0.25) is 4.79 Å². The fourth-order valence-corrected chi connectivity index (χ4v) is 5.23. The monoisotopic (exact) mass is 216 g/mol. The molecule has 1 aliphatic heterocycles. The van der Waals surface area contributed by atoms with Crippen LogP contribution in [0, 0.1) is 0 Å². The minimum atomic E-state index is -0.407. The predicted octanol–water partition coefficient (Wildman–Crippen LogP) is 1.98. The molecule has 1 saturated heterocycles. The van der Waals surface area contributed by atoms with Crippen LogP contribution < -0.4 is 0 Å². The largest absolute Gasteiger partial charge is 0.328 e. The summed E-state index contributed by atoms with van der Waals surface area (Å²) in [4.78, 5) is 14.2. The van der Waals surface area contributed by atoms with Gasteiger partial charge >= 0.3 is 0 Å². The number of rotatable bonds is 1. The van der Waals surface area contributed by atoms with Crippen molar-refractivity contribution in [1.29, 1.82) is 0 Å². The summed E-state index contributed by atoms with van der Waals surface area (Å²) in [5.74, 6) is 0.992. The zero-order valence-electron chi connectivity index (χ0n) is 9.05. The Morgan fingerprint density at radius 1 is 1.46 bits per heavy atom. The summed E-state index contributed by atoms with van der Waals surface area (Å²) in [6, 6.07) is 0. The molecule has 0 aliphatic carbocycles. The van der Waals surface area contributed by atoms with Crippen molar-refractivity contribution < 1.29 is 4.79 Å². The molecule has 0 spiro atoms. The molecule has 4 heteroatoms. The van der Waals surface area contributed by atoms with E-state index >= 15 is 0 Å². The molecule has 0 aromatic rings. The highest BCUT2D eigenvalue weighted by Gasteiger charge is 2.40. The molecule has 13 heavy (non-hydrogen) atoms. The fraction of sp³-hybridized carbons (Fsp3) is 0.889. The molecule has 0 saturated carbocycles. The van der Waals surface area contributed by atoms with Gasteiger partial charge in [-0.15, -0.1) is 11.8 Å². The Bertz CT molecular complexity index is 212. The molecule has 1 unspecified atom stereocenters. The Morgan fingerprint density at radius 2 is 2.00 bits per heavy atom. The lowest BCUT2D eigenvalue weighted by Crippen LogP contribution is -2.50. The topological polar surface area (TPSA) is 20.3 Å². The molecule has 1 fully saturated rings. The molecule has 0 N–H and O–H groups in total. The van der Waals surface area contributed by atoms with E-state index in [2.05, 4.69) is 38.8 Å². The van der Waals surface area contributed by atoms with Crippen molar-refractivity contribution in [2.75, 3.05) is 5.75 Å². The third kappa shape index (κ3) is 2.28. The summed E-state index contributed by atoms with van der Waals surface area (Å²) in [5, 5.41) is 0. The number of hydrogen-bond donors (Lipinski definition) is 0. The number of thioether (sulfide) groups is 1. The van der Waals surface area contributed by atoms with Crippen molar-refractivity contribution in [2.45, 2.75) is 44.4 Å². The fourth-order valence-electron chi connectivity index (χ4n) is 1.58. The summed E-state index contributed by atoms with van der Waals surface area (Å²) in [5.41, 5.74) is -0.00676. The third-order valence-electron chi connectivity index (χ3n) is 2.08. The molecular weight excluding hydrogens is 198 g/mol. The SMILES string of the molecule is C[Si](C)C1SCC(=O)N1C(C)(C)C. The van der Waals surface area contributed by atoms with E-state index in [0.717, 1.165) is 0 Å². The van der Waals surface area contributed by atoms with Crippen LogP contribution in [0.2, 0.25) is 13.1 Å². The van der Waals surface area contributed by atoms with Crippen LogP contribution in [0.4, 0.5) is 0 Å². The maximum atomic E-state index is 11.7. The first kappa shape index (κ1) is 11.1. The number of nitrogens with zero attached hydrogens (tertiary/aromatic N) is 1. The van der Waals surface area contributed by atoms with E-state index in [1.54, 1.807) is 0 Å². The van der Waals surface area contributed by atoms with Gasteiger partial charge in [-0.05, 0) is 20.8 Å².